The van der Waals surface area contributed by atoms with Crippen LogP contribution in [0, 0.1) is 5.92 Å². The summed E-state index contributed by atoms with van der Waals surface area (Å²) in [6.45, 7) is 3.23. The number of halogens is 2. The minimum absolute atomic E-state index is 0. The Morgan fingerprint density at radius 1 is 1.56 bits per heavy atom. The van der Waals surface area contributed by atoms with E-state index >= 15 is 0 Å². The minimum Gasteiger partial charge on any atom is -1.00 e. The number of rotatable bonds is 3. The lowest BCUT2D eigenvalue weighted by Crippen LogP contribution is -3.00. The summed E-state index contributed by atoms with van der Waals surface area (Å²) in [6, 6.07) is 0. The quantitative estimate of drug-likeness (QED) is 0.470. The van der Waals surface area contributed by atoms with Crippen LogP contribution in [-0.2, 0) is 0 Å². The van der Waals surface area contributed by atoms with Crippen molar-refractivity contribution in [1.29, 1.82) is 0 Å². The van der Waals surface area contributed by atoms with E-state index in [0.29, 0.717) is 5.92 Å². The maximum Gasteiger partial charge on any atom is 1.00 e. The van der Waals surface area contributed by atoms with E-state index < -0.39 is 0 Å². The average molecular weight is 172 g/mol. The van der Waals surface area contributed by atoms with Gasteiger partial charge in [-0.2, -0.15) is 0 Å². The molecule has 1 atom stereocenters. The van der Waals surface area contributed by atoms with Crippen LogP contribution in [-0.4, -0.2) is 31.4 Å². The van der Waals surface area contributed by atoms with Gasteiger partial charge in [-0.15, -0.1) is 11.6 Å². The standard InChI is InChI=1S/C6H14ClN.ClH/c1-6(4-7)5-8(2)3;/h6H,4-5H2,1-3H3;1H. The Hall–Kier alpha value is 0.540. The van der Waals surface area contributed by atoms with Gasteiger partial charge in [-0.05, 0) is 20.0 Å². The minimum atomic E-state index is 0. The largest absolute Gasteiger partial charge is 1.00 e. The van der Waals surface area contributed by atoms with Gasteiger partial charge in [-0.25, -0.2) is 0 Å². The van der Waals surface area contributed by atoms with Gasteiger partial charge < -0.3 is 17.3 Å². The van der Waals surface area contributed by atoms with E-state index in [1.165, 1.54) is 0 Å². The molecule has 0 aromatic heterocycles. The van der Waals surface area contributed by atoms with Crippen molar-refractivity contribution in [2.24, 2.45) is 5.92 Å². The molecule has 0 fully saturated rings. The van der Waals surface area contributed by atoms with E-state index in [-0.39, 0.29) is 13.8 Å². The van der Waals surface area contributed by atoms with Crippen LogP contribution in [0.1, 0.15) is 8.35 Å². The first-order valence-corrected chi connectivity index (χ1v) is 3.41. The van der Waals surface area contributed by atoms with E-state index in [0.717, 1.165) is 12.4 Å². The van der Waals surface area contributed by atoms with E-state index in [1.807, 2.05) is 0 Å². The number of alkyl halides is 1. The molecule has 0 N–H and O–H groups in total. The van der Waals surface area contributed by atoms with Crippen LogP contribution in [0.15, 0.2) is 0 Å². The third-order valence-electron chi connectivity index (χ3n) is 0.940. The van der Waals surface area contributed by atoms with Gasteiger partial charge >= 0.3 is 1.43 Å². The Labute approximate surface area is 70.3 Å². The van der Waals surface area contributed by atoms with Crippen LogP contribution in [0.4, 0.5) is 0 Å². The molecule has 1 unspecified atom stereocenters. The molecule has 0 aromatic rings. The van der Waals surface area contributed by atoms with Crippen molar-refractivity contribution in [2.45, 2.75) is 6.92 Å². The summed E-state index contributed by atoms with van der Waals surface area (Å²) >= 11 is 5.57. The predicted molar refractivity (Wildman–Crippen MR) is 39.6 cm³/mol. The van der Waals surface area contributed by atoms with Crippen molar-refractivity contribution >= 4 is 11.6 Å². The smallest absolute Gasteiger partial charge is 1.00 e. The van der Waals surface area contributed by atoms with Crippen LogP contribution < -0.4 is 12.4 Å². The highest BCUT2D eigenvalue weighted by Crippen LogP contribution is 1.97. The molecule has 0 aliphatic carbocycles. The second kappa shape index (κ2) is 6.66. The van der Waals surface area contributed by atoms with Crippen LogP contribution in [0.25, 0.3) is 0 Å². The monoisotopic (exact) mass is 171 g/mol. The molecule has 9 heavy (non-hydrogen) atoms. The SMILES string of the molecule is CC(CCl)CN(C)C.[Cl-].[H+]. The third-order valence-corrected chi connectivity index (χ3v) is 1.47. The predicted octanol–water partition coefficient (Wildman–Crippen LogP) is -1.46. The summed E-state index contributed by atoms with van der Waals surface area (Å²) in [6.07, 6.45) is 0. The highest BCUT2D eigenvalue weighted by molar-refractivity contribution is 6.18. The summed E-state index contributed by atoms with van der Waals surface area (Å²) in [4.78, 5) is 2.15. The van der Waals surface area contributed by atoms with Crippen molar-refractivity contribution in [2.75, 3.05) is 26.5 Å². The molecule has 58 valence electrons. The van der Waals surface area contributed by atoms with E-state index in [9.17, 15) is 0 Å². The number of hydrogen-bond donors (Lipinski definition) is 0. The van der Waals surface area contributed by atoms with E-state index in [2.05, 4.69) is 25.9 Å². The third kappa shape index (κ3) is 8.54. The molecule has 0 aromatic carbocycles. The van der Waals surface area contributed by atoms with Crippen LogP contribution >= 0.6 is 11.6 Å². The van der Waals surface area contributed by atoms with Gasteiger partial charge in [0.25, 0.3) is 0 Å². The zero-order chi connectivity index (χ0) is 6.57. The van der Waals surface area contributed by atoms with E-state index in [1.54, 1.807) is 0 Å². The molecule has 0 rings (SSSR count). The zero-order valence-corrected chi connectivity index (χ0v) is 7.71. The van der Waals surface area contributed by atoms with Crippen LogP contribution in [0.5, 0.6) is 0 Å². The molecule has 0 amide bonds. The maximum absolute atomic E-state index is 5.57. The van der Waals surface area contributed by atoms with Crippen LogP contribution in [0.2, 0.25) is 0 Å². The van der Waals surface area contributed by atoms with Crippen LogP contribution in [0.3, 0.4) is 0 Å². The Morgan fingerprint density at radius 3 is 2.11 bits per heavy atom. The Bertz CT molecular complexity index is 61.7. The number of hydrogen-bond acceptors (Lipinski definition) is 1. The van der Waals surface area contributed by atoms with Crippen molar-refractivity contribution in [3.8, 4) is 0 Å². The second-order valence-electron chi connectivity index (χ2n) is 2.52. The fraction of sp³-hybridized carbons (Fsp3) is 1.00. The Balaban J connectivity index is -0.000000245. The summed E-state index contributed by atoms with van der Waals surface area (Å²) < 4.78 is 0. The van der Waals surface area contributed by atoms with Crippen molar-refractivity contribution in [3.63, 3.8) is 0 Å². The lowest BCUT2D eigenvalue weighted by Gasteiger charge is -2.13. The topological polar surface area (TPSA) is 3.24 Å². The normalized spacial score (nSPS) is 13.0. The molecule has 1 nitrogen and oxygen atoms in total. The molecular formula is C6H15Cl2N. The van der Waals surface area contributed by atoms with Crippen molar-refractivity contribution in [3.05, 3.63) is 0 Å². The second-order valence-corrected chi connectivity index (χ2v) is 2.83. The molecule has 0 aliphatic rings. The molecular weight excluding hydrogens is 157 g/mol. The number of nitrogens with zero attached hydrogens (tertiary/aromatic N) is 1. The van der Waals surface area contributed by atoms with Crippen molar-refractivity contribution in [1.82, 2.24) is 4.90 Å². The van der Waals surface area contributed by atoms with Gasteiger partial charge in [0.15, 0.2) is 0 Å². The summed E-state index contributed by atoms with van der Waals surface area (Å²) in [7, 11) is 4.12. The lowest BCUT2D eigenvalue weighted by atomic mass is 10.2. The van der Waals surface area contributed by atoms with Gasteiger partial charge in [0, 0.05) is 12.4 Å². The van der Waals surface area contributed by atoms with Crippen molar-refractivity contribution < 1.29 is 13.8 Å². The van der Waals surface area contributed by atoms with Gasteiger partial charge in [-0.1, -0.05) is 6.92 Å². The van der Waals surface area contributed by atoms with E-state index in [4.69, 9.17) is 11.6 Å². The fourth-order valence-electron chi connectivity index (χ4n) is 0.672. The summed E-state index contributed by atoms with van der Waals surface area (Å²) in [5, 5.41) is 0. The summed E-state index contributed by atoms with van der Waals surface area (Å²) in [5.74, 6) is 1.38. The molecule has 0 spiro atoms. The Kier molecular flexibility index (Phi) is 9.05. The highest BCUT2D eigenvalue weighted by atomic mass is 35.5. The molecule has 0 saturated heterocycles. The Morgan fingerprint density at radius 2 is 2.00 bits per heavy atom. The fourth-order valence-corrected chi connectivity index (χ4v) is 0.770. The molecule has 0 heterocycles. The molecule has 0 saturated carbocycles. The maximum atomic E-state index is 5.57. The first-order valence-electron chi connectivity index (χ1n) is 2.87. The van der Waals surface area contributed by atoms with Gasteiger partial charge in [0.2, 0.25) is 0 Å². The average Bonchev–Trinajstić information content (AvgIpc) is 1.65. The van der Waals surface area contributed by atoms with Gasteiger partial charge in [0.1, 0.15) is 0 Å². The lowest BCUT2D eigenvalue weighted by molar-refractivity contribution is -0.00000195. The first kappa shape index (κ1) is 12.2. The summed E-state index contributed by atoms with van der Waals surface area (Å²) in [5.41, 5.74) is 0. The molecule has 0 bridgehead atoms. The molecule has 0 aliphatic heterocycles. The zero-order valence-electron chi connectivity index (χ0n) is 7.19. The first-order chi connectivity index (χ1) is 3.66. The van der Waals surface area contributed by atoms with Gasteiger partial charge in [-0.3, -0.25) is 0 Å². The molecule has 3 heteroatoms. The molecule has 0 radical (unpaired) electrons. The van der Waals surface area contributed by atoms with Gasteiger partial charge in [0.05, 0.1) is 0 Å². The highest BCUT2D eigenvalue weighted by Gasteiger charge is 1.98.